The molecule has 0 aliphatic carbocycles. The van der Waals surface area contributed by atoms with Gasteiger partial charge in [0, 0.05) is 22.3 Å². The van der Waals surface area contributed by atoms with Gasteiger partial charge >= 0.3 is 0 Å². The van der Waals surface area contributed by atoms with E-state index in [0.29, 0.717) is 17.3 Å². The molecule has 0 heterocycles. The molecule has 0 aliphatic heterocycles. The molecule has 3 rings (SSSR count). The molecule has 0 saturated carbocycles. The molecule has 0 radical (unpaired) electrons. The van der Waals surface area contributed by atoms with E-state index in [1.807, 2.05) is 44.2 Å². The first-order chi connectivity index (χ1) is 16.7. The lowest BCUT2D eigenvalue weighted by atomic mass is 10.1. The number of nitrogens with zero attached hydrogens (tertiary/aromatic N) is 1. The molecular weight excluding hydrogens is 523 g/mol. The molecule has 35 heavy (non-hydrogen) atoms. The summed E-state index contributed by atoms with van der Waals surface area (Å²) in [6.07, 6.45) is 0.768. The molecule has 1 amide bonds. The van der Waals surface area contributed by atoms with Crippen LogP contribution in [0.3, 0.4) is 0 Å². The van der Waals surface area contributed by atoms with Crippen LogP contribution in [0.15, 0.2) is 71.6 Å². The molecule has 0 aromatic heterocycles. The van der Waals surface area contributed by atoms with Crippen LogP contribution in [0.1, 0.15) is 23.1 Å². The molecule has 186 valence electrons. The van der Waals surface area contributed by atoms with Gasteiger partial charge in [0.2, 0.25) is 5.91 Å². The van der Waals surface area contributed by atoms with Crippen LogP contribution in [0, 0.1) is 13.8 Å². The summed E-state index contributed by atoms with van der Waals surface area (Å²) in [5.74, 6) is 1.34. The molecule has 9 heteroatoms. The molecule has 0 atom stereocenters. The average molecular weight is 552 g/mol. The maximum absolute atomic E-state index is 13.4. The fraction of sp³-hybridized carbons (Fsp3) is 0.269. The second-order valence-corrected chi connectivity index (χ2v) is 12.0. The Kier molecular flexibility index (Phi) is 9.92. The van der Waals surface area contributed by atoms with Gasteiger partial charge in [-0.1, -0.05) is 41.4 Å². The third-order valence-electron chi connectivity index (χ3n) is 5.41. The van der Waals surface area contributed by atoms with E-state index in [-0.39, 0.29) is 17.3 Å². The highest BCUT2D eigenvalue weighted by atomic mass is 35.5. The zero-order chi connectivity index (χ0) is 25.4. The summed E-state index contributed by atoms with van der Waals surface area (Å²) in [7, 11) is -3.97. The smallest absolute Gasteiger partial charge is 0.264 e. The molecule has 1 N–H and O–H groups in total. The lowest BCUT2D eigenvalue weighted by molar-refractivity contribution is -0.119. The largest absolute Gasteiger partial charge is 0.354 e. The van der Waals surface area contributed by atoms with Gasteiger partial charge in [-0.2, -0.15) is 11.8 Å². The fourth-order valence-corrected chi connectivity index (χ4v) is 5.99. The van der Waals surface area contributed by atoms with E-state index in [9.17, 15) is 13.2 Å². The highest BCUT2D eigenvalue weighted by molar-refractivity contribution is 7.98. The monoisotopic (exact) mass is 550 g/mol. The molecular formula is C26H28Cl2N2O3S2. The standard InChI is InChI=1S/C26H28Cl2N2O3S2/c1-19-7-10-24(15-20(19)2)30(35(32,33)25-11-8-22(27)9-12-25)17-26(31)29-13-4-14-34-18-21-5-3-6-23(28)16-21/h3,5-12,15-16H,4,13-14,17-18H2,1-2H3,(H,29,31). The lowest BCUT2D eigenvalue weighted by Gasteiger charge is -2.25. The minimum absolute atomic E-state index is 0.0744. The Morgan fingerprint density at radius 2 is 1.69 bits per heavy atom. The molecule has 5 nitrogen and oxygen atoms in total. The number of sulfonamides is 1. The van der Waals surface area contributed by atoms with Gasteiger partial charge in [0.1, 0.15) is 6.54 Å². The first kappa shape index (κ1) is 27.4. The number of anilines is 1. The molecule has 0 spiro atoms. The summed E-state index contributed by atoms with van der Waals surface area (Å²) >= 11 is 13.7. The number of carbonyl (C=O) groups excluding carboxylic acids is 1. The van der Waals surface area contributed by atoms with Gasteiger partial charge in [-0.05, 0) is 91.2 Å². The minimum atomic E-state index is -3.97. The van der Waals surface area contributed by atoms with E-state index in [1.54, 1.807) is 23.9 Å². The van der Waals surface area contributed by atoms with Crippen LogP contribution in [-0.2, 0) is 20.6 Å². The van der Waals surface area contributed by atoms with Crippen molar-refractivity contribution in [1.29, 1.82) is 0 Å². The van der Waals surface area contributed by atoms with E-state index in [0.717, 1.165) is 43.9 Å². The normalized spacial score (nSPS) is 11.3. The van der Waals surface area contributed by atoms with Crippen molar-refractivity contribution in [3.05, 3.63) is 93.5 Å². The average Bonchev–Trinajstić information content (AvgIpc) is 2.82. The number of hydrogen-bond acceptors (Lipinski definition) is 4. The Bertz CT molecular complexity index is 1270. The van der Waals surface area contributed by atoms with Crippen LogP contribution in [0.4, 0.5) is 5.69 Å². The van der Waals surface area contributed by atoms with Crippen LogP contribution >= 0.6 is 35.0 Å². The third-order valence-corrected chi connectivity index (χ3v) is 8.80. The Morgan fingerprint density at radius 1 is 0.943 bits per heavy atom. The molecule has 3 aromatic carbocycles. The lowest BCUT2D eigenvalue weighted by Crippen LogP contribution is -2.41. The van der Waals surface area contributed by atoms with Crippen molar-refractivity contribution in [2.75, 3.05) is 23.1 Å². The first-order valence-electron chi connectivity index (χ1n) is 11.1. The summed E-state index contributed by atoms with van der Waals surface area (Å²) in [5, 5.41) is 4.01. The zero-order valence-corrected chi connectivity index (χ0v) is 22.8. The highest BCUT2D eigenvalue weighted by Gasteiger charge is 2.27. The maximum Gasteiger partial charge on any atom is 0.264 e. The van der Waals surface area contributed by atoms with Gasteiger partial charge in [-0.3, -0.25) is 9.10 Å². The second-order valence-electron chi connectivity index (χ2n) is 8.12. The molecule has 0 fully saturated rings. The van der Waals surface area contributed by atoms with Gasteiger partial charge in [0.05, 0.1) is 10.6 Å². The van der Waals surface area contributed by atoms with Gasteiger partial charge in [0.25, 0.3) is 10.0 Å². The summed E-state index contributed by atoms with van der Waals surface area (Å²) in [4.78, 5) is 12.8. The number of thioether (sulfide) groups is 1. The number of rotatable bonds is 11. The summed E-state index contributed by atoms with van der Waals surface area (Å²) in [6.45, 7) is 4.01. The molecule has 0 bridgehead atoms. The van der Waals surface area contributed by atoms with Crippen molar-refractivity contribution in [2.45, 2.75) is 30.9 Å². The molecule has 0 aliphatic rings. The Balaban J connectivity index is 1.62. The quantitative estimate of drug-likeness (QED) is 0.287. The van der Waals surface area contributed by atoms with Gasteiger partial charge in [-0.25, -0.2) is 8.42 Å². The van der Waals surface area contributed by atoms with Crippen molar-refractivity contribution in [3.8, 4) is 0 Å². The topological polar surface area (TPSA) is 66.5 Å². The first-order valence-corrected chi connectivity index (χ1v) is 14.5. The van der Waals surface area contributed by atoms with Crippen molar-refractivity contribution in [2.24, 2.45) is 0 Å². The SMILES string of the molecule is Cc1ccc(N(CC(=O)NCCCSCc2cccc(Cl)c2)S(=O)(=O)c2ccc(Cl)cc2)cc1C. The van der Waals surface area contributed by atoms with E-state index in [4.69, 9.17) is 23.2 Å². The fourth-order valence-electron chi connectivity index (χ4n) is 3.33. The number of halogens is 2. The summed E-state index contributed by atoms with van der Waals surface area (Å²) in [5.41, 5.74) is 3.58. The van der Waals surface area contributed by atoms with E-state index in [2.05, 4.69) is 5.32 Å². The minimum Gasteiger partial charge on any atom is -0.354 e. The highest BCUT2D eigenvalue weighted by Crippen LogP contribution is 2.26. The third kappa shape index (κ3) is 7.90. The van der Waals surface area contributed by atoms with Crippen molar-refractivity contribution in [3.63, 3.8) is 0 Å². The van der Waals surface area contributed by atoms with Crippen LogP contribution in [-0.4, -0.2) is 33.2 Å². The van der Waals surface area contributed by atoms with E-state index < -0.39 is 10.0 Å². The van der Waals surface area contributed by atoms with Crippen molar-refractivity contribution < 1.29 is 13.2 Å². The zero-order valence-electron chi connectivity index (χ0n) is 19.6. The van der Waals surface area contributed by atoms with Gasteiger partial charge < -0.3 is 5.32 Å². The number of hydrogen-bond donors (Lipinski definition) is 1. The van der Waals surface area contributed by atoms with E-state index in [1.165, 1.54) is 24.3 Å². The Hall–Kier alpha value is -2.19. The number of aryl methyl sites for hydroxylation is 2. The molecule has 0 unspecified atom stereocenters. The summed E-state index contributed by atoms with van der Waals surface area (Å²) < 4.78 is 28.0. The van der Waals surface area contributed by atoms with Crippen LogP contribution in [0.25, 0.3) is 0 Å². The Labute approximate surface area is 221 Å². The molecule has 3 aromatic rings. The van der Waals surface area contributed by atoms with Crippen LogP contribution < -0.4 is 9.62 Å². The van der Waals surface area contributed by atoms with E-state index >= 15 is 0 Å². The second kappa shape index (κ2) is 12.7. The maximum atomic E-state index is 13.4. The van der Waals surface area contributed by atoms with Crippen LogP contribution in [0.5, 0.6) is 0 Å². The van der Waals surface area contributed by atoms with Crippen LogP contribution in [0.2, 0.25) is 10.0 Å². The van der Waals surface area contributed by atoms with Gasteiger partial charge in [-0.15, -0.1) is 0 Å². The van der Waals surface area contributed by atoms with Crippen molar-refractivity contribution in [1.82, 2.24) is 5.32 Å². The number of amides is 1. The number of nitrogens with one attached hydrogen (secondary N) is 1. The van der Waals surface area contributed by atoms with Gasteiger partial charge in [0.15, 0.2) is 0 Å². The summed E-state index contributed by atoms with van der Waals surface area (Å²) in [6, 6.07) is 19.0. The predicted octanol–water partition coefficient (Wildman–Crippen LogP) is 6.25. The Morgan fingerprint density at radius 3 is 2.37 bits per heavy atom. The number of carbonyl (C=O) groups is 1. The predicted molar refractivity (Wildman–Crippen MR) is 147 cm³/mol. The van der Waals surface area contributed by atoms with Crippen molar-refractivity contribution >= 4 is 56.6 Å². The number of benzene rings is 3. The molecule has 0 saturated heterocycles.